The van der Waals surface area contributed by atoms with E-state index in [1.54, 1.807) is 13.8 Å². The molecule has 3 atom stereocenters. The Kier molecular flexibility index (Phi) is 47.3. The van der Waals surface area contributed by atoms with E-state index < -0.39 is 46.9 Å². The largest absolute Gasteiger partial charge is 0.411 e. The second kappa shape index (κ2) is 51.0. The Bertz CT molecular complexity index is 2240. The number of nitrogens with zero attached hydrogens (tertiary/aromatic N) is 2. The number of unbranched alkanes of at least 4 members (excludes halogenated alkanes) is 3. The molecule has 31 nitrogen and oxygen atoms in total. The molecule has 0 aromatic heterocycles. The summed E-state index contributed by atoms with van der Waals surface area (Å²) in [6.07, 6.45) is 5.23. The highest BCUT2D eigenvalue weighted by atomic mass is 16.5. The Morgan fingerprint density at radius 1 is 0.451 bits per heavy atom. The molecule has 0 aliphatic rings. The van der Waals surface area contributed by atoms with Crippen LogP contribution in [0.5, 0.6) is 0 Å². The summed E-state index contributed by atoms with van der Waals surface area (Å²) in [4.78, 5) is 135. The highest BCUT2D eigenvalue weighted by molar-refractivity contribution is 5.91. The van der Waals surface area contributed by atoms with Gasteiger partial charge in [0.15, 0.2) is 0 Å². The number of Topliss-reactive ketones (excluding diaryl/α,β-unsaturated/α-hetero) is 3. The van der Waals surface area contributed by atoms with E-state index >= 15 is 0 Å². The first-order valence-corrected chi connectivity index (χ1v) is 31.5. The van der Waals surface area contributed by atoms with Crippen molar-refractivity contribution in [2.75, 3.05) is 112 Å². The first-order chi connectivity index (χ1) is 43.1. The van der Waals surface area contributed by atoms with Crippen LogP contribution in [0.15, 0.2) is 10.3 Å². The van der Waals surface area contributed by atoms with Crippen molar-refractivity contribution >= 4 is 76.0 Å². The third kappa shape index (κ3) is 46.2. The molecule has 0 rings (SSSR count). The third-order valence-electron chi connectivity index (χ3n) is 14.6. The number of oxime groups is 2. The van der Waals surface area contributed by atoms with Gasteiger partial charge >= 0.3 is 0 Å². The number of hydrogen-bond acceptors (Lipinski definition) is 23. The molecular weight excluding hydrogens is 1190 g/mol. The van der Waals surface area contributed by atoms with Gasteiger partial charge in [0.05, 0.1) is 93.4 Å². The highest BCUT2D eigenvalue weighted by Gasteiger charge is 2.28. The predicted octanol–water partition coefficient (Wildman–Crippen LogP) is -0.953. The average Bonchev–Trinajstić information content (AvgIpc) is 3.70. The van der Waals surface area contributed by atoms with Crippen molar-refractivity contribution in [3.63, 3.8) is 0 Å². The maximum absolute atomic E-state index is 13.5. The van der Waals surface area contributed by atoms with Crippen LogP contribution in [0.25, 0.3) is 0 Å². The molecule has 0 aliphatic heterocycles. The van der Waals surface area contributed by atoms with Gasteiger partial charge in [-0.2, -0.15) is 0 Å². The van der Waals surface area contributed by atoms with E-state index in [0.717, 1.165) is 0 Å². The lowest BCUT2D eigenvalue weighted by atomic mass is 9.93. The fourth-order valence-corrected chi connectivity index (χ4v) is 8.37. The molecule has 16 N–H and O–H groups in total. The normalized spacial score (nSPS) is 13.0. The van der Waals surface area contributed by atoms with Crippen LogP contribution in [0.1, 0.15) is 158 Å². The second-order valence-electron chi connectivity index (χ2n) is 23.4. The number of carbonyl (C=O) groups is 11. The van der Waals surface area contributed by atoms with E-state index in [4.69, 9.17) is 30.4 Å². The topological polar surface area (TPSA) is 462 Å². The van der Waals surface area contributed by atoms with Gasteiger partial charge in [-0.15, -0.1) is 0 Å². The lowest BCUT2D eigenvalue weighted by Crippen LogP contribution is -2.57. The molecule has 0 aliphatic carbocycles. The Balaban J connectivity index is 4.68. The van der Waals surface area contributed by atoms with Gasteiger partial charge < -0.3 is 83.4 Å². The van der Waals surface area contributed by atoms with Crippen molar-refractivity contribution in [1.82, 2.24) is 53.2 Å². The summed E-state index contributed by atoms with van der Waals surface area (Å²) >= 11 is 0. The number of primary amides is 2. The van der Waals surface area contributed by atoms with Crippen LogP contribution in [-0.4, -0.2) is 227 Å². The number of nitrogens with one attached hydrogen (secondary N) is 10. The molecule has 0 aromatic carbocycles. The van der Waals surface area contributed by atoms with Gasteiger partial charge in [0.25, 0.3) is 0 Å². The molecule has 91 heavy (non-hydrogen) atoms. The van der Waals surface area contributed by atoms with Crippen LogP contribution >= 0.6 is 0 Å². The lowest BCUT2D eigenvalue weighted by molar-refractivity contribution is -0.130. The fourth-order valence-electron chi connectivity index (χ4n) is 8.37. The SMILES string of the molecule is CC(=O)CN[C@@H](CCCCNC(=O)COCCOCCNC(=O)COCCOCCNC(=O)CCCC(=O)NCCCC[C@H](CC(=O)CCCC(=O)NC(CNC(C)(C)/C(C)=N/O)CNC(C)(C)/C(C)=N/O)C(=O)NCCCC[C@H](NCC(C)=O)C(N)=O)C(N)=O. The maximum Gasteiger partial charge on any atom is 0.246 e. The zero-order valence-electron chi connectivity index (χ0n) is 55.2. The molecule has 0 saturated carbocycles. The Hall–Kier alpha value is -6.61. The minimum Gasteiger partial charge on any atom is -0.411 e. The van der Waals surface area contributed by atoms with Crippen molar-refractivity contribution < 1.29 is 82.1 Å². The van der Waals surface area contributed by atoms with Crippen LogP contribution in [0.4, 0.5) is 0 Å². The monoisotopic (exact) mass is 1300 g/mol. The third-order valence-corrected chi connectivity index (χ3v) is 14.6. The number of amides is 8. The van der Waals surface area contributed by atoms with Crippen LogP contribution in [0.3, 0.4) is 0 Å². The zero-order valence-corrected chi connectivity index (χ0v) is 55.2. The fraction of sp³-hybridized carbons (Fsp3) is 0.783. The number of ketones is 3. The molecule has 0 bridgehead atoms. The van der Waals surface area contributed by atoms with E-state index in [9.17, 15) is 63.2 Å². The molecule has 522 valence electrons. The number of ether oxygens (including phenoxy) is 4. The van der Waals surface area contributed by atoms with Gasteiger partial charge in [-0.3, -0.25) is 63.4 Å². The Morgan fingerprint density at radius 3 is 1.27 bits per heavy atom. The van der Waals surface area contributed by atoms with Crippen LogP contribution in [0, 0.1) is 5.92 Å². The maximum atomic E-state index is 13.5. The van der Waals surface area contributed by atoms with E-state index in [1.807, 2.05) is 27.7 Å². The zero-order chi connectivity index (χ0) is 68.5. The number of carbonyl (C=O) groups excluding carboxylic acids is 11. The summed E-state index contributed by atoms with van der Waals surface area (Å²) in [7, 11) is 0. The standard InChI is InChI=1S/C60H110N14O17/c1-42(75)36-68-49(56(61)83)19-10-13-25-64-54(81)40-90-33-32-89-30-28-66-55(82)41-91-34-31-88-29-27-65-52(79)22-16-21-51(78)63-24-12-9-17-46(58(85)67-26-14-11-20-50(57(62)84)69-37-43(2)76)35-48(77)18-15-23-53(80)72-47(38-70-59(5,6)44(3)73-86)39-71-60(7,8)45(4)74-87/h46-47,49-50,68-71,86-87H,9-41H2,1-8H3,(H2,61,83)(H2,62,84)(H,63,78)(H,64,81)(H,65,79)(H,66,82)(H,67,85)(H,72,80)/b73-44+,74-45+/t46-,49+,50+/m1/s1. The molecule has 0 aromatic rings. The van der Waals surface area contributed by atoms with Crippen molar-refractivity contribution in [2.24, 2.45) is 27.7 Å². The summed E-state index contributed by atoms with van der Waals surface area (Å²) in [6, 6.07) is -1.76. The van der Waals surface area contributed by atoms with Crippen LogP contribution in [-0.2, 0) is 71.7 Å². The second-order valence-corrected chi connectivity index (χ2v) is 23.4. The smallest absolute Gasteiger partial charge is 0.246 e. The summed E-state index contributed by atoms with van der Waals surface area (Å²) in [5.74, 6) is -4.01. The van der Waals surface area contributed by atoms with Crippen molar-refractivity contribution in [2.45, 2.75) is 187 Å². The summed E-state index contributed by atoms with van der Waals surface area (Å²) in [5.41, 5.74) is 10.3. The van der Waals surface area contributed by atoms with Gasteiger partial charge in [-0.05, 0) is 120 Å². The summed E-state index contributed by atoms with van der Waals surface area (Å²) in [5, 5.41) is 54.4. The van der Waals surface area contributed by atoms with Gasteiger partial charge in [-0.1, -0.05) is 16.7 Å². The van der Waals surface area contributed by atoms with E-state index in [-0.39, 0.29) is 190 Å². The molecule has 0 radical (unpaired) electrons. The highest BCUT2D eigenvalue weighted by Crippen LogP contribution is 2.17. The van der Waals surface area contributed by atoms with Crippen LogP contribution < -0.4 is 64.6 Å². The lowest BCUT2D eigenvalue weighted by Gasteiger charge is -2.32. The first-order valence-electron chi connectivity index (χ1n) is 31.5. The number of rotatable bonds is 59. The van der Waals surface area contributed by atoms with E-state index in [1.165, 1.54) is 13.8 Å². The average molecular weight is 1300 g/mol. The quantitative estimate of drug-likeness (QED) is 0.0151. The molecule has 0 unspecified atom stereocenters. The molecule has 0 fully saturated rings. The first kappa shape index (κ1) is 84.4. The van der Waals surface area contributed by atoms with E-state index in [0.29, 0.717) is 88.7 Å². The van der Waals surface area contributed by atoms with Gasteiger partial charge in [0.1, 0.15) is 30.6 Å². The van der Waals surface area contributed by atoms with Gasteiger partial charge in [0.2, 0.25) is 47.3 Å². The van der Waals surface area contributed by atoms with Gasteiger partial charge in [0, 0.05) is 83.8 Å². The summed E-state index contributed by atoms with van der Waals surface area (Å²) < 4.78 is 21.5. The number of nitrogens with two attached hydrogens (primary N) is 2. The Labute approximate surface area is 536 Å². The minimum absolute atomic E-state index is 0.00291. The molecule has 8 amide bonds. The van der Waals surface area contributed by atoms with Crippen molar-refractivity contribution in [1.29, 1.82) is 0 Å². The van der Waals surface area contributed by atoms with Crippen molar-refractivity contribution in [3.05, 3.63) is 0 Å². The number of hydrogen-bond donors (Lipinski definition) is 14. The Morgan fingerprint density at radius 2 is 0.835 bits per heavy atom. The van der Waals surface area contributed by atoms with E-state index in [2.05, 4.69) is 63.5 Å². The molecule has 0 spiro atoms. The molecule has 0 heterocycles. The van der Waals surface area contributed by atoms with Crippen molar-refractivity contribution in [3.8, 4) is 0 Å². The minimum atomic E-state index is -0.701. The van der Waals surface area contributed by atoms with Crippen LogP contribution in [0.2, 0.25) is 0 Å². The summed E-state index contributed by atoms with van der Waals surface area (Å²) in [6.45, 7) is 16.4. The van der Waals surface area contributed by atoms with Gasteiger partial charge in [-0.25, -0.2) is 0 Å². The molecular formula is C60H110N14O17. The molecule has 31 heteroatoms. The molecule has 0 saturated heterocycles. The predicted molar refractivity (Wildman–Crippen MR) is 340 cm³/mol.